The summed E-state index contributed by atoms with van der Waals surface area (Å²) in [7, 11) is 0. The Morgan fingerprint density at radius 3 is 2.74 bits per heavy atom. The second-order valence-electron chi connectivity index (χ2n) is 4.92. The van der Waals surface area contributed by atoms with E-state index >= 15 is 0 Å². The fraction of sp³-hybridized carbons (Fsp3) is 0.412. The molecule has 0 aliphatic heterocycles. The summed E-state index contributed by atoms with van der Waals surface area (Å²) in [5, 5.41) is 10.6. The van der Waals surface area contributed by atoms with Crippen LogP contribution in [0.15, 0.2) is 50.8 Å². The summed E-state index contributed by atoms with van der Waals surface area (Å²) in [6, 6.07) is 12.4. The Balaban J connectivity index is 1.77. The maximum Gasteiger partial charge on any atom is 0.191 e. The number of nitrogens with zero attached hydrogens (tertiary/aromatic N) is 2. The second-order valence-corrected chi connectivity index (χ2v) is 6.09. The highest BCUT2D eigenvalue weighted by Crippen LogP contribution is 2.15. The number of hydrogen-bond acceptors (Lipinski definition) is 4. The lowest BCUT2D eigenvalue weighted by Gasteiger charge is -2.10. The molecule has 1 heterocycles. The third kappa shape index (κ3) is 6.36. The molecule has 0 saturated carbocycles. The molecule has 2 N–H and O–H groups in total. The minimum atomic E-state index is 0.494. The van der Waals surface area contributed by atoms with E-state index in [1.165, 1.54) is 4.90 Å². The van der Waals surface area contributed by atoms with Crippen LogP contribution in [0, 0.1) is 0 Å². The van der Waals surface area contributed by atoms with E-state index in [-0.39, 0.29) is 0 Å². The standard InChI is InChI=1S/C17H24N4OS/c1-3-14-12-15(22-21-14)13-20-17(18-4-2)19-10-11-23-16-8-6-5-7-9-16/h5-9,12H,3-4,10-11,13H2,1-2H3,(H2,18,19,20). The van der Waals surface area contributed by atoms with Crippen LogP contribution in [-0.4, -0.2) is 30.0 Å². The van der Waals surface area contributed by atoms with Crippen LogP contribution in [0.5, 0.6) is 0 Å². The predicted octanol–water partition coefficient (Wildman–Crippen LogP) is 3.08. The van der Waals surface area contributed by atoms with Crippen LogP contribution in [0.1, 0.15) is 25.3 Å². The number of aromatic nitrogens is 1. The maximum atomic E-state index is 5.25. The lowest BCUT2D eigenvalue weighted by Crippen LogP contribution is -2.38. The van der Waals surface area contributed by atoms with Gasteiger partial charge in [-0.15, -0.1) is 11.8 Å². The van der Waals surface area contributed by atoms with Gasteiger partial charge in [0.15, 0.2) is 11.7 Å². The number of hydrogen-bond donors (Lipinski definition) is 2. The summed E-state index contributed by atoms with van der Waals surface area (Å²) in [5.41, 5.74) is 0.965. The Kier molecular flexibility index (Phi) is 7.52. The van der Waals surface area contributed by atoms with Gasteiger partial charge in [0.1, 0.15) is 6.54 Å². The number of aryl methyl sites for hydroxylation is 1. The summed E-state index contributed by atoms with van der Waals surface area (Å²) in [6.07, 6.45) is 0.877. The Labute approximate surface area is 141 Å². The third-order valence-corrected chi connectivity index (χ3v) is 4.13. The Bertz CT molecular complexity index is 598. The van der Waals surface area contributed by atoms with Crippen molar-refractivity contribution in [1.82, 2.24) is 15.8 Å². The minimum absolute atomic E-state index is 0.494. The van der Waals surface area contributed by atoms with Gasteiger partial charge in [0.25, 0.3) is 0 Å². The van der Waals surface area contributed by atoms with Gasteiger partial charge in [-0.1, -0.05) is 30.3 Å². The van der Waals surface area contributed by atoms with Crippen molar-refractivity contribution < 1.29 is 4.52 Å². The van der Waals surface area contributed by atoms with Crippen molar-refractivity contribution in [3.05, 3.63) is 47.9 Å². The van der Waals surface area contributed by atoms with E-state index in [1.807, 2.05) is 23.9 Å². The average Bonchev–Trinajstić information content (AvgIpc) is 3.05. The van der Waals surface area contributed by atoms with E-state index in [0.29, 0.717) is 6.54 Å². The van der Waals surface area contributed by atoms with Crippen LogP contribution < -0.4 is 10.6 Å². The molecule has 6 heteroatoms. The molecule has 2 rings (SSSR count). The summed E-state index contributed by atoms with van der Waals surface area (Å²) in [6.45, 7) is 6.28. The zero-order valence-corrected chi connectivity index (χ0v) is 14.5. The van der Waals surface area contributed by atoms with Gasteiger partial charge >= 0.3 is 0 Å². The largest absolute Gasteiger partial charge is 0.359 e. The van der Waals surface area contributed by atoms with Gasteiger partial charge in [0.2, 0.25) is 0 Å². The predicted molar refractivity (Wildman–Crippen MR) is 95.9 cm³/mol. The fourth-order valence-electron chi connectivity index (χ4n) is 1.95. The Morgan fingerprint density at radius 1 is 1.22 bits per heavy atom. The van der Waals surface area contributed by atoms with Gasteiger partial charge in [0.05, 0.1) is 5.69 Å². The molecule has 0 fully saturated rings. The summed E-state index contributed by atoms with van der Waals surface area (Å²) < 4.78 is 5.25. The molecule has 0 spiro atoms. The molecule has 0 bridgehead atoms. The molecule has 23 heavy (non-hydrogen) atoms. The zero-order chi connectivity index (χ0) is 16.3. The normalized spacial score (nSPS) is 11.5. The molecule has 0 aliphatic carbocycles. The van der Waals surface area contributed by atoms with Crippen molar-refractivity contribution in [1.29, 1.82) is 0 Å². The van der Waals surface area contributed by atoms with Crippen LogP contribution >= 0.6 is 11.8 Å². The highest BCUT2D eigenvalue weighted by molar-refractivity contribution is 7.99. The maximum absolute atomic E-state index is 5.25. The van der Waals surface area contributed by atoms with Crippen molar-refractivity contribution in [2.75, 3.05) is 18.8 Å². The first kappa shape index (κ1) is 17.4. The third-order valence-electron chi connectivity index (χ3n) is 3.11. The van der Waals surface area contributed by atoms with Gasteiger partial charge in [-0.25, -0.2) is 4.99 Å². The van der Waals surface area contributed by atoms with Crippen LogP contribution in [0.4, 0.5) is 0 Å². The van der Waals surface area contributed by atoms with Crippen LogP contribution in [0.2, 0.25) is 0 Å². The first-order valence-corrected chi connectivity index (χ1v) is 8.94. The molecule has 0 unspecified atom stereocenters. The summed E-state index contributed by atoms with van der Waals surface area (Å²) in [4.78, 5) is 5.81. The number of guanidine groups is 1. The van der Waals surface area contributed by atoms with Crippen LogP contribution in [0.25, 0.3) is 0 Å². The van der Waals surface area contributed by atoms with Crippen molar-refractivity contribution in [2.45, 2.75) is 31.7 Å². The molecular weight excluding hydrogens is 308 g/mol. The minimum Gasteiger partial charge on any atom is -0.359 e. The zero-order valence-electron chi connectivity index (χ0n) is 13.7. The van der Waals surface area contributed by atoms with Crippen LogP contribution in [0.3, 0.4) is 0 Å². The second kappa shape index (κ2) is 9.94. The van der Waals surface area contributed by atoms with Gasteiger partial charge in [-0.3, -0.25) is 0 Å². The van der Waals surface area contributed by atoms with Crippen molar-refractivity contribution in [2.24, 2.45) is 4.99 Å². The van der Waals surface area contributed by atoms with E-state index in [1.54, 1.807) is 0 Å². The van der Waals surface area contributed by atoms with Gasteiger partial charge in [-0.2, -0.15) is 0 Å². The monoisotopic (exact) mass is 332 g/mol. The van der Waals surface area contributed by atoms with Gasteiger partial charge in [-0.05, 0) is 25.5 Å². The average molecular weight is 332 g/mol. The molecule has 0 saturated heterocycles. The smallest absolute Gasteiger partial charge is 0.191 e. The van der Waals surface area contributed by atoms with E-state index < -0.39 is 0 Å². The lowest BCUT2D eigenvalue weighted by atomic mass is 10.3. The molecule has 124 valence electrons. The molecule has 0 radical (unpaired) electrons. The summed E-state index contributed by atoms with van der Waals surface area (Å²) >= 11 is 1.83. The Hall–Kier alpha value is -1.95. The first-order valence-electron chi connectivity index (χ1n) is 7.96. The van der Waals surface area contributed by atoms with E-state index in [0.717, 1.165) is 42.7 Å². The van der Waals surface area contributed by atoms with Gasteiger partial charge < -0.3 is 15.2 Å². The quantitative estimate of drug-likeness (QED) is 0.337. The molecule has 0 aliphatic rings. The van der Waals surface area contributed by atoms with Crippen molar-refractivity contribution >= 4 is 17.7 Å². The number of benzene rings is 1. The van der Waals surface area contributed by atoms with Crippen molar-refractivity contribution in [3.8, 4) is 0 Å². The molecular formula is C17H24N4OS. The molecule has 2 aromatic rings. The van der Waals surface area contributed by atoms with E-state index in [9.17, 15) is 0 Å². The van der Waals surface area contributed by atoms with Crippen LogP contribution in [-0.2, 0) is 13.0 Å². The molecule has 1 aromatic carbocycles. The van der Waals surface area contributed by atoms with Gasteiger partial charge in [0, 0.05) is 29.8 Å². The Morgan fingerprint density at radius 2 is 2.04 bits per heavy atom. The molecule has 1 aromatic heterocycles. The topological polar surface area (TPSA) is 62.5 Å². The highest BCUT2D eigenvalue weighted by Gasteiger charge is 2.03. The molecule has 5 nitrogen and oxygen atoms in total. The molecule has 0 amide bonds. The number of rotatable bonds is 8. The lowest BCUT2D eigenvalue weighted by molar-refractivity contribution is 0.379. The fourth-order valence-corrected chi connectivity index (χ4v) is 2.74. The van der Waals surface area contributed by atoms with E-state index in [4.69, 9.17) is 4.52 Å². The van der Waals surface area contributed by atoms with E-state index in [2.05, 4.69) is 58.9 Å². The summed E-state index contributed by atoms with van der Waals surface area (Å²) in [5.74, 6) is 2.57. The number of thioether (sulfide) groups is 1. The highest BCUT2D eigenvalue weighted by atomic mass is 32.2. The number of nitrogens with one attached hydrogen (secondary N) is 2. The first-order chi connectivity index (χ1) is 11.3. The molecule has 0 atom stereocenters. The SMILES string of the molecule is CCNC(=NCc1cc(CC)no1)NCCSc1ccccc1. The van der Waals surface area contributed by atoms with Crippen molar-refractivity contribution in [3.63, 3.8) is 0 Å². The number of aliphatic imine (C=N–C) groups is 1.